The monoisotopic (exact) mass is 405 g/mol. The summed E-state index contributed by atoms with van der Waals surface area (Å²) in [5.41, 5.74) is 0.614. The van der Waals surface area contributed by atoms with Crippen molar-refractivity contribution in [1.29, 1.82) is 0 Å². The average Bonchev–Trinajstić information content (AvgIpc) is 3.19. The highest BCUT2D eigenvalue weighted by Crippen LogP contribution is 2.35. The summed E-state index contributed by atoms with van der Waals surface area (Å²) in [6, 6.07) is 7.70. The van der Waals surface area contributed by atoms with Gasteiger partial charge in [0.1, 0.15) is 11.5 Å². The number of rotatable bonds is 5. The van der Waals surface area contributed by atoms with Gasteiger partial charge in [0, 0.05) is 17.7 Å². The Balaban J connectivity index is 1.86. The molecule has 1 aromatic carbocycles. The zero-order valence-electron chi connectivity index (χ0n) is 14.6. The van der Waals surface area contributed by atoms with Gasteiger partial charge in [-0.15, -0.1) is 0 Å². The third-order valence-corrected chi connectivity index (χ3v) is 5.44. The molecular weight excluding hydrogens is 390 g/mol. The van der Waals surface area contributed by atoms with E-state index in [9.17, 15) is 14.4 Å². The second-order valence-corrected chi connectivity index (χ2v) is 7.41. The molecule has 140 valence electrons. The summed E-state index contributed by atoms with van der Waals surface area (Å²) in [5, 5.41) is 8.85. The number of aromatic carboxylic acids is 1. The van der Waals surface area contributed by atoms with Crippen LogP contribution in [0.4, 0.5) is 4.79 Å². The number of amides is 2. The summed E-state index contributed by atoms with van der Waals surface area (Å²) in [6.45, 7) is 3.74. The van der Waals surface area contributed by atoms with Crippen molar-refractivity contribution in [3.8, 4) is 11.3 Å². The van der Waals surface area contributed by atoms with E-state index < -0.39 is 5.97 Å². The number of carbonyl (C=O) groups is 3. The zero-order chi connectivity index (χ0) is 19.7. The van der Waals surface area contributed by atoms with Crippen LogP contribution in [0.1, 0.15) is 36.4 Å². The zero-order valence-corrected chi connectivity index (χ0v) is 16.1. The Morgan fingerprint density at radius 3 is 2.70 bits per heavy atom. The number of carbonyl (C=O) groups excluding carboxylic acids is 2. The first-order valence-electron chi connectivity index (χ1n) is 8.22. The van der Waals surface area contributed by atoms with Crippen LogP contribution in [0.15, 0.2) is 39.7 Å². The predicted octanol–water partition coefficient (Wildman–Crippen LogP) is 5.13. The minimum atomic E-state index is -1.11. The van der Waals surface area contributed by atoms with E-state index in [2.05, 4.69) is 0 Å². The highest BCUT2D eigenvalue weighted by molar-refractivity contribution is 8.18. The normalized spacial score (nSPS) is 17.0. The van der Waals surface area contributed by atoms with Gasteiger partial charge in [-0.3, -0.25) is 14.5 Å². The molecule has 0 spiro atoms. The summed E-state index contributed by atoms with van der Waals surface area (Å²) >= 11 is 6.87. The molecule has 1 fully saturated rings. The lowest BCUT2D eigenvalue weighted by Gasteiger charge is -2.19. The van der Waals surface area contributed by atoms with Gasteiger partial charge in [-0.1, -0.05) is 24.6 Å². The number of thioether (sulfide) groups is 1. The second kappa shape index (κ2) is 7.62. The van der Waals surface area contributed by atoms with Crippen molar-refractivity contribution in [3.63, 3.8) is 0 Å². The van der Waals surface area contributed by atoms with Crippen molar-refractivity contribution in [3.05, 3.63) is 51.6 Å². The standard InChI is InChI=1S/C19H16ClNO5S/c1-3-10(2)21-17(22)16(27-19(21)25)9-12-5-7-15(26-12)11-4-6-13(18(23)24)14(20)8-11/h4-10H,3H2,1-2H3,(H,23,24)/b16-9+/t10-/m1/s1. The Labute approximate surface area is 164 Å². The van der Waals surface area contributed by atoms with Crippen molar-refractivity contribution in [2.45, 2.75) is 26.3 Å². The Bertz CT molecular complexity index is 965. The number of imide groups is 1. The van der Waals surface area contributed by atoms with Gasteiger partial charge in [-0.25, -0.2) is 4.79 Å². The van der Waals surface area contributed by atoms with Crippen LogP contribution in [0.3, 0.4) is 0 Å². The summed E-state index contributed by atoms with van der Waals surface area (Å²) < 4.78 is 5.71. The summed E-state index contributed by atoms with van der Waals surface area (Å²) in [5.74, 6) is -0.547. The van der Waals surface area contributed by atoms with Crippen molar-refractivity contribution in [2.75, 3.05) is 0 Å². The maximum absolute atomic E-state index is 12.4. The van der Waals surface area contributed by atoms with Gasteiger partial charge < -0.3 is 9.52 Å². The molecule has 1 aliphatic rings. The average molecular weight is 406 g/mol. The highest BCUT2D eigenvalue weighted by atomic mass is 35.5. The first-order chi connectivity index (χ1) is 12.8. The molecule has 1 atom stereocenters. The smallest absolute Gasteiger partial charge is 0.337 e. The molecule has 6 nitrogen and oxygen atoms in total. The summed E-state index contributed by atoms with van der Waals surface area (Å²) in [4.78, 5) is 37.1. The molecule has 0 radical (unpaired) electrons. The molecule has 1 aliphatic heterocycles. The molecule has 2 amide bonds. The maximum atomic E-state index is 12.4. The molecule has 0 saturated carbocycles. The van der Waals surface area contributed by atoms with E-state index in [-0.39, 0.29) is 27.8 Å². The van der Waals surface area contributed by atoms with E-state index in [0.717, 1.165) is 11.8 Å². The van der Waals surface area contributed by atoms with E-state index in [1.165, 1.54) is 23.1 Å². The molecule has 0 bridgehead atoms. The van der Waals surface area contributed by atoms with E-state index in [1.54, 1.807) is 18.2 Å². The lowest BCUT2D eigenvalue weighted by Crippen LogP contribution is -2.36. The van der Waals surface area contributed by atoms with Crippen LogP contribution in [0.2, 0.25) is 5.02 Å². The number of hydrogen-bond donors (Lipinski definition) is 1. The number of carboxylic acids is 1. The lowest BCUT2D eigenvalue weighted by atomic mass is 10.1. The third-order valence-electron chi connectivity index (χ3n) is 4.24. The van der Waals surface area contributed by atoms with Crippen molar-refractivity contribution < 1.29 is 23.9 Å². The number of nitrogens with zero attached hydrogens (tertiary/aromatic N) is 1. The molecule has 3 rings (SSSR count). The molecule has 1 saturated heterocycles. The molecule has 1 N–H and O–H groups in total. The Morgan fingerprint density at radius 2 is 2.07 bits per heavy atom. The molecule has 8 heteroatoms. The quantitative estimate of drug-likeness (QED) is 0.693. The van der Waals surface area contributed by atoms with Gasteiger partial charge in [-0.2, -0.15) is 0 Å². The van der Waals surface area contributed by atoms with Gasteiger partial charge >= 0.3 is 5.97 Å². The van der Waals surface area contributed by atoms with Crippen LogP contribution < -0.4 is 0 Å². The van der Waals surface area contributed by atoms with Crippen molar-refractivity contribution in [1.82, 2.24) is 4.90 Å². The molecule has 0 unspecified atom stereocenters. The minimum Gasteiger partial charge on any atom is -0.478 e. The molecule has 1 aromatic heterocycles. The second-order valence-electron chi connectivity index (χ2n) is 6.01. The SMILES string of the molecule is CC[C@@H](C)N1C(=O)S/C(=C/c2ccc(-c3ccc(C(=O)O)c(Cl)c3)o2)C1=O. The molecule has 27 heavy (non-hydrogen) atoms. The van der Waals surface area contributed by atoms with Gasteiger partial charge in [0.25, 0.3) is 11.1 Å². The molecule has 0 aliphatic carbocycles. The number of furan rings is 1. The van der Waals surface area contributed by atoms with Gasteiger partial charge in [0.2, 0.25) is 0 Å². The topological polar surface area (TPSA) is 87.8 Å². The van der Waals surface area contributed by atoms with E-state index in [1.807, 2.05) is 13.8 Å². The summed E-state index contributed by atoms with van der Waals surface area (Å²) in [7, 11) is 0. The fourth-order valence-electron chi connectivity index (χ4n) is 2.60. The Kier molecular flexibility index (Phi) is 5.43. The number of halogens is 1. The van der Waals surface area contributed by atoms with Crippen LogP contribution in [-0.4, -0.2) is 33.2 Å². The first-order valence-corrected chi connectivity index (χ1v) is 9.41. The molecule has 2 heterocycles. The van der Waals surface area contributed by atoms with Gasteiger partial charge in [0.15, 0.2) is 0 Å². The van der Waals surface area contributed by atoms with E-state index in [0.29, 0.717) is 28.4 Å². The molecule has 2 aromatic rings. The summed E-state index contributed by atoms with van der Waals surface area (Å²) in [6.07, 6.45) is 2.22. The van der Waals surface area contributed by atoms with Gasteiger partial charge in [-0.05, 0) is 49.4 Å². The van der Waals surface area contributed by atoms with Crippen LogP contribution in [0.25, 0.3) is 17.4 Å². The van der Waals surface area contributed by atoms with E-state index in [4.69, 9.17) is 21.1 Å². The maximum Gasteiger partial charge on any atom is 0.337 e. The van der Waals surface area contributed by atoms with Crippen LogP contribution in [-0.2, 0) is 4.79 Å². The minimum absolute atomic E-state index is 0.00548. The Hall–Kier alpha value is -2.51. The van der Waals surface area contributed by atoms with Gasteiger partial charge in [0.05, 0.1) is 15.5 Å². The van der Waals surface area contributed by atoms with Crippen LogP contribution >= 0.6 is 23.4 Å². The lowest BCUT2D eigenvalue weighted by molar-refractivity contribution is -0.124. The van der Waals surface area contributed by atoms with E-state index >= 15 is 0 Å². The van der Waals surface area contributed by atoms with Crippen LogP contribution in [0, 0.1) is 0 Å². The van der Waals surface area contributed by atoms with Crippen LogP contribution in [0.5, 0.6) is 0 Å². The highest BCUT2D eigenvalue weighted by Gasteiger charge is 2.37. The number of benzene rings is 1. The largest absolute Gasteiger partial charge is 0.478 e. The fraction of sp³-hybridized carbons (Fsp3) is 0.211. The van der Waals surface area contributed by atoms with Crippen molar-refractivity contribution >= 4 is 46.6 Å². The number of carboxylic acid groups (broad SMARTS) is 1. The first kappa shape index (κ1) is 19.3. The number of hydrogen-bond acceptors (Lipinski definition) is 5. The predicted molar refractivity (Wildman–Crippen MR) is 104 cm³/mol. The van der Waals surface area contributed by atoms with Crippen molar-refractivity contribution in [2.24, 2.45) is 0 Å². The third kappa shape index (κ3) is 3.79. The Morgan fingerprint density at radius 1 is 1.33 bits per heavy atom. The fourth-order valence-corrected chi connectivity index (χ4v) is 3.77. The molecular formula is C19H16ClNO5S.